The van der Waals surface area contributed by atoms with Crippen LogP contribution < -0.4 is 10.1 Å². The first-order chi connectivity index (χ1) is 8.19. The molecule has 2 amide bonds. The zero-order chi connectivity index (χ0) is 12.3. The van der Waals surface area contributed by atoms with Crippen molar-refractivity contribution in [2.75, 3.05) is 0 Å². The average Bonchev–Trinajstić information content (AvgIpc) is 2.33. The Bertz CT molecular complexity index is 467. The van der Waals surface area contributed by atoms with E-state index < -0.39 is 6.10 Å². The highest BCUT2D eigenvalue weighted by molar-refractivity contribution is 5.99. The molecule has 1 aliphatic heterocycles. The summed E-state index contributed by atoms with van der Waals surface area (Å²) < 4.78 is 5.55. The molecule has 1 fully saturated rings. The molecule has 0 aromatic heterocycles. The van der Waals surface area contributed by atoms with Crippen LogP contribution in [0.25, 0.3) is 6.08 Å². The number of amides is 2. The van der Waals surface area contributed by atoms with Crippen LogP contribution in [-0.4, -0.2) is 17.9 Å². The lowest BCUT2D eigenvalue weighted by atomic mass is 10.1. The van der Waals surface area contributed by atoms with E-state index in [4.69, 9.17) is 4.74 Å². The summed E-state index contributed by atoms with van der Waals surface area (Å²) in [5.74, 6) is -0.00292. The topological polar surface area (TPSA) is 55.4 Å². The van der Waals surface area contributed by atoms with Crippen molar-refractivity contribution < 1.29 is 14.3 Å². The van der Waals surface area contributed by atoms with Crippen LogP contribution in [0.15, 0.2) is 30.8 Å². The second-order valence-electron chi connectivity index (χ2n) is 3.83. The average molecular weight is 231 g/mol. The molecule has 1 heterocycles. The molecule has 1 atom stereocenters. The standard InChI is InChI=1S/C13H13NO3/c1-2-9-4-3-5-10(8-9)17-11-6-7-12(15)14-13(11)16/h2-5,8,11H,1,6-7H2,(H,14,15,16). The van der Waals surface area contributed by atoms with E-state index in [9.17, 15) is 9.59 Å². The molecule has 1 aliphatic rings. The zero-order valence-electron chi connectivity index (χ0n) is 9.31. The van der Waals surface area contributed by atoms with Crippen molar-refractivity contribution in [1.29, 1.82) is 0 Å². The highest BCUT2D eigenvalue weighted by atomic mass is 16.5. The van der Waals surface area contributed by atoms with Gasteiger partial charge in [0.2, 0.25) is 5.91 Å². The fourth-order valence-corrected chi connectivity index (χ4v) is 1.67. The van der Waals surface area contributed by atoms with Crippen LogP contribution in [0.3, 0.4) is 0 Å². The lowest BCUT2D eigenvalue weighted by molar-refractivity contribution is -0.138. The maximum absolute atomic E-state index is 11.5. The number of carbonyl (C=O) groups excluding carboxylic acids is 2. The Morgan fingerprint density at radius 3 is 2.94 bits per heavy atom. The molecule has 4 nitrogen and oxygen atoms in total. The molecule has 1 saturated heterocycles. The number of ether oxygens (including phenoxy) is 1. The molecule has 0 bridgehead atoms. The summed E-state index contributed by atoms with van der Waals surface area (Å²) >= 11 is 0. The number of benzene rings is 1. The maximum atomic E-state index is 11.5. The van der Waals surface area contributed by atoms with E-state index in [1.165, 1.54) is 0 Å². The summed E-state index contributed by atoms with van der Waals surface area (Å²) in [7, 11) is 0. The van der Waals surface area contributed by atoms with Gasteiger partial charge in [-0.25, -0.2) is 0 Å². The molecule has 2 rings (SSSR count). The molecule has 0 spiro atoms. The van der Waals surface area contributed by atoms with E-state index in [1.54, 1.807) is 18.2 Å². The van der Waals surface area contributed by atoms with E-state index in [0.29, 0.717) is 18.6 Å². The van der Waals surface area contributed by atoms with Gasteiger partial charge in [-0.1, -0.05) is 24.8 Å². The van der Waals surface area contributed by atoms with Crippen LogP contribution in [0.2, 0.25) is 0 Å². The van der Waals surface area contributed by atoms with Crippen molar-refractivity contribution in [3.63, 3.8) is 0 Å². The first kappa shape index (κ1) is 11.4. The van der Waals surface area contributed by atoms with Crippen LogP contribution in [0.1, 0.15) is 18.4 Å². The Morgan fingerprint density at radius 1 is 1.41 bits per heavy atom. The fourth-order valence-electron chi connectivity index (χ4n) is 1.67. The van der Waals surface area contributed by atoms with Gasteiger partial charge in [0, 0.05) is 12.8 Å². The predicted octanol–water partition coefficient (Wildman–Crippen LogP) is 1.51. The molecule has 0 aliphatic carbocycles. The Kier molecular flexibility index (Phi) is 3.23. The molecule has 1 aromatic carbocycles. The number of hydrogen-bond donors (Lipinski definition) is 1. The molecular weight excluding hydrogens is 218 g/mol. The molecule has 17 heavy (non-hydrogen) atoms. The third kappa shape index (κ3) is 2.72. The predicted molar refractivity (Wildman–Crippen MR) is 63.3 cm³/mol. The van der Waals surface area contributed by atoms with E-state index in [1.807, 2.05) is 12.1 Å². The number of imide groups is 1. The third-order valence-electron chi connectivity index (χ3n) is 2.56. The Morgan fingerprint density at radius 2 is 2.24 bits per heavy atom. The summed E-state index contributed by atoms with van der Waals surface area (Å²) in [5, 5.41) is 2.26. The molecule has 4 heteroatoms. The number of piperidine rings is 1. The maximum Gasteiger partial charge on any atom is 0.267 e. The van der Waals surface area contributed by atoms with Gasteiger partial charge in [-0.15, -0.1) is 0 Å². The molecule has 1 aromatic rings. The monoisotopic (exact) mass is 231 g/mol. The summed E-state index contributed by atoms with van der Waals surface area (Å²) in [4.78, 5) is 22.5. The summed E-state index contributed by atoms with van der Waals surface area (Å²) in [5.41, 5.74) is 0.926. The highest BCUT2D eigenvalue weighted by Crippen LogP contribution is 2.18. The normalized spacial score (nSPS) is 19.6. The van der Waals surface area contributed by atoms with Gasteiger partial charge in [-0.2, -0.15) is 0 Å². The fraction of sp³-hybridized carbons (Fsp3) is 0.231. The lowest BCUT2D eigenvalue weighted by Gasteiger charge is -2.22. The van der Waals surface area contributed by atoms with Crippen molar-refractivity contribution in [1.82, 2.24) is 5.32 Å². The van der Waals surface area contributed by atoms with Crippen molar-refractivity contribution in [3.8, 4) is 5.75 Å². The van der Waals surface area contributed by atoms with Gasteiger partial charge in [-0.05, 0) is 17.7 Å². The Hall–Kier alpha value is -2.10. The second kappa shape index (κ2) is 4.82. The lowest BCUT2D eigenvalue weighted by Crippen LogP contribution is -2.46. The first-order valence-electron chi connectivity index (χ1n) is 5.42. The van der Waals surface area contributed by atoms with E-state index >= 15 is 0 Å². The van der Waals surface area contributed by atoms with Gasteiger partial charge in [0.15, 0.2) is 6.10 Å². The number of carbonyl (C=O) groups is 2. The third-order valence-corrected chi connectivity index (χ3v) is 2.56. The molecular formula is C13H13NO3. The zero-order valence-corrected chi connectivity index (χ0v) is 9.31. The van der Waals surface area contributed by atoms with Gasteiger partial charge in [0.25, 0.3) is 5.91 Å². The summed E-state index contributed by atoms with van der Waals surface area (Å²) in [6.45, 7) is 3.66. The van der Waals surface area contributed by atoms with Gasteiger partial charge >= 0.3 is 0 Å². The van der Waals surface area contributed by atoms with Crippen molar-refractivity contribution >= 4 is 17.9 Å². The SMILES string of the molecule is C=Cc1cccc(OC2CCC(=O)NC2=O)c1. The summed E-state index contributed by atoms with van der Waals surface area (Å²) in [6.07, 6.45) is 1.85. The minimum Gasteiger partial charge on any atom is -0.481 e. The van der Waals surface area contributed by atoms with Crippen molar-refractivity contribution in [2.45, 2.75) is 18.9 Å². The van der Waals surface area contributed by atoms with Crippen molar-refractivity contribution in [2.24, 2.45) is 0 Å². The second-order valence-corrected chi connectivity index (χ2v) is 3.83. The van der Waals surface area contributed by atoms with Crippen LogP contribution in [0, 0.1) is 0 Å². The highest BCUT2D eigenvalue weighted by Gasteiger charge is 2.28. The van der Waals surface area contributed by atoms with Crippen molar-refractivity contribution in [3.05, 3.63) is 36.4 Å². The molecule has 1 N–H and O–H groups in total. The van der Waals surface area contributed by atoms with Crippen LogP contribution in [-0.2, 0) is 9.59 Å². The van der Waals surface area contributed by atoms with Crippen LogP contribution >= 0.6 is 0 Å². The van der Waals surface area contributed by atoms with Gasteiger partial charge < -0.3 is 4.74 Å². The van der Waals surface area contributed by atoms with E-state index in [0.717, 1.165) is 5.56 Å². The minimum atomic E-state index is -0.590. The number of nitrogens with one attached hydrogen (secondary N) is 1. The molecule has 88 valence electrons. The Labute approximate surface area is 99.3 Å². The smallest absolute Gasteiger partial charge is 0.267 e. The molecule has 1 unspecified atom stereocenters. The van der Waals surface area contributed by atoms with Crippen LogP contribution in [0.5, 0.6) is 5.75 Å². The molecule has 0 radical (unpaired) electrons. The minimum absolute atomic E-state index is 0.241. The summed E-state index contributed by atoms with van der Waals surface area (Å²) in [6, 6.07) is 7.30. The Balaban J connectivity index is 2.07. The number of hydrogen-bond acceptors (Lipinski definition) is 3. The molecule has 0 saturated carbocycles. The van der Waals surface area contributed by atoms with E-state index in [2.05, 4.69) is 11.9 Å². The van der Waals surface area contributed by atoms with Gasteiger partial charge in [0.05, 0.1) is 0 Å². The van der Waals surface area contributed by atoms with Crippen LogP contribution in [0.4, 0.5) is 0 Å². The quantitative estimate of drug-likeness (QED) is 0.802. The number of rotatable bonds is 3. The van der Waals surface area contributed by atoms with Gasteiger partial charge in [0.1, 0.15) is 5.75 Å². The largest absolute Gasteiger partial charge is 0.481 e. The van der Waals surface area contributed by atoms with E-state index in [-0.39, 0.29) is 11.8 Å². The first-order valence-corrected chi connectivity index (χ1v) is 5.42. The van der Waals surface area contributed by atoms with Gasteiger partial charge in [-0.3, -0.25) is 14.9 Å².